The molecular weight excluding hydrogens is 220 g/mol. The van der Waals surface area contributed by atoms with E-state index in [0.29, 0.717) is 17.0 Å². The molecule has 0 aromatic heterocycles. The van der Waals surface area contributed by atoms with E-state index in [1.165, 1.54) is 12.0 Å². The van der Waals surface area contributed by atoms with Crippen molar-refractivity contribution in [3.8, 4) is 5.75 Å². The lowest BCUT2D eigenvalue weighted by Gasteiger charge is -2.24. The molecule has 94 valence electrons. The van der Waals surface area contributed by atoms with Gasteiger partial charge in [0.05, 0.1) is 31.0 Å². The van der Waals surface area contributed by atoms with Gasteiger partial charge in [0.1, 0.15) is 5.75 Å². The van der Waals surface area contributed by atoms with Crippen molar-refractivity contribution in [2.45, 2.75) is 13.0 Å². The summed E-state index contributed by atoms with van der Waals surface area (Å²) < 4.78 is 5.06. The number of likely N-dealkylation sites (N-methyl/N-ethyl adjacent to an activating group) is 1. The number of nitrogens with zero attached hydrogens (tertiary/aromatic N) is 1. The van der Waals surface area contributed by atoms with Gasteiger partial charge < -0.3 is 20.5 Å². The van der Waals surface area contributed by atoms with Crippen molar-refractivity contribution in [1.29, 1.82) is 0 Å². The van der Waals surface area contributed by atoms with E-state index in [1.807, 2.05) is 0 Å². The highest BCUT2D eigenvalue weighted by Crippen LogP contribution is 2.25. The number of hydrogen-bond acceptors (Lipinski definition) is 4. The summed E-state index contributed by atoms with van der Waals surface area (Å²) >= 11 is 0. The average Bonchev–Trinajstić information content (AvgIpc) is 2.36. The fourth-order valence-electron chi connectivity index (χ4n) is 1.42. The van der Waals surface area contributed by atoms with Crippen molar-refractivity contribution in [2.75, 3.05) is 26.5 Å². The fourth-order valence-corrected chi connectivity index (χ4v) is 1.42. The number of para-hydroxylation sites is 1. The summed E-state index contributed by atoms with van der Waals surface area (Å²) in [6.45, 7) is 1.67. The van der Waals surface area contributed by atoms with Gasteiger partial charge in [0.2, 0.25) is 0 Å². The lowest BCUT2D eigenvalue weighted by Crippen LogP contribution is -2.37. The number of rotatable bonds is 4. The number of nitrogen functional groups attached to an aromatic ring is 1. The van der Waals surface area contributed by atoms with Crippen LogP contribution in [0.25, 0.3) is 0 Å². The third-order valence-electron chi connectivity index (χ3n) is 2.76. The van der Waals surface area contributed by atoms with E-state index in [9.17, 15) is 4.79 Å². The van der Waals surface area contributed by atoms with Crippen molar-refractivity contribution in [3.63, 3.8) is 0 Å². The molecule has 17 heavy (non-hydrogen) atoms. The van der Waals surface area contributed by atoms with Crippen LogP contribution in [0.5, 0.6) is 5.75 Å². The van der Waals surface area contributed by atoms with Gasteiger partial charge in [-0.05, 0) is 19.1 Å². The maximum absolute atomic E-state index is 12.1. The van der Waals surface area contributed by atoms with Crippen LogP contribution in [0.1, 0.15) is 17.3 Å². The van der Waals surface area contributed by atoms with Gasteiger partial charge in [-0.2, -0.15) is 0 Å². The van der Waals surface area contributed by atoms with E-state index >= 15 is 0 Å². The van der Waals surface area contributed by atoms with Crippen LogP contribution in [0, 0.1) is 0 Å². The van der Waals surface area contributed by atoms with Crippen LogP contribution in [-0.2, 0) is 0 Å². The maximum Gasteiger partial charge on any atom is 0.256 e. The van der Waals surface area contributed by atoms with Gasteiger partial charge in [-0.15, -0.1) is 0 Å². The Bertz CT molecular complexity index is 407. The summed E-state index contributed by atoms with van der Waals surface area (Å²) in [6, 6.07) is 4.79. The van der Waals surface area contributed by atoms with Crippen LogP contribution in [0.3, 0.4) is 0 Å². The van der Waals surface area contributed by atoms with Crippen LogP contribution < -0.4 is 10.5 Å². The van der Waals surface area contributed by atoms with Crippen LogP contribution in [-0.4, -0.2) is 42.7 Å². The SMILES string of the molecule is COc1cccc(C(=O)N(C)C(C)CO)c1N. The van der Waals surface area contributed by atoms with Crippen LogP contribution in [0.4, 0.5) is 5.69 Å². The molecule has 0 heterocycles. The molecule has 3 N–H and O–H groups in total. The van der Waals surface area contributed by atoms with Gasteiger partial charge >= 0.3 is 0 Å². The van der Waals surface area contributed by atoms with Crippen LogP contribution >= 0.6 is 0 Å². The summed E-state index contributed by atoms with van der Waals surface area (Å²) in [5.74, 6) is 0.240. The van der Waals surface area contributed by atoms with Gasteiger partial charge in [-0.3, -0.25) is 4.79 Å². The van der Waals surface area contributed by atoms with Crippen LogP contribution in [0.15, 0.2) is 18.2 Å². The lowest BCUT2D eigenvalue weighted by molar-refractivity contribution is 0.0683. The summed E-state index contributed by atoms with van der Waals surface area (Å²) in [7, 11) is 3.13. The van der Waals surface area contributed by atoms with E-state index in [0.717, 1.165) is 0 Å². The minimum absolute atomic E-state index is 0.0912. The smallest absolute Gasteiger partial charge is 0.256 e. The molecule has 5 heteroatoms. The third kappa shape index (κ3) is 2.68. The lowest BCUT2D eigenvalue weighted by atomic mass is 10.1. The summed E-state index contributed by atoms with van der Waals surface area (Å²) in [5, 5.41) is 9.02. The minimum Gasteiger partial charge on any atom is -0.495 e. The molecular formula is C12H18N2O3. The highest BCUT2D eigenvalue weighted by atomic mass is 16.5. The van der Waals surface area contributed by atoms with E-state index in [1.54, 1.807) is 32.2 Å². The Kier molecular flexibility index (Phi) is 4.34. The highest BCUT2D eigenvalue weighted by molar-refractivity contribution is 6.00. The zero-order valence-corrected chi connectivity index (χ0v) is 10.3. The summed E-state index contributed by atoms with van der Waals surface area (Å²) in [6.07, 6.45) is 0. The van der Waals surface area contributed by atoms with Gasteiger partial charge in [0, 0.05) is 7.05 Å². The molecule has 1 aromatic rings. The van der Waals surface area contributed by atoms with E-state index in [2.05, 4.69) is 0 Å². The molecule has 0 aliphatic heterocycles. The second-order valence-electron chi connectivity index (χ2n) is 3.87. The predicted molar refractivity (Wildman–Crippen MR) is 66.0 cm³/mol. The first-order valence-corrected chi connectivity index (χ1v) is 5.33. The summed E-state index contributed by atoms with van der Waals surface area (Å²) in [4.78, 5) is 13.6. The summed E-state index contributed by atoms with van der Waals surface area (Å²) in [5.41, 5.74) is 6.54. The molecule has 1 rings (SSSR count). The molecule has 0 spiro atoms. The molecule has 0 bridgehead atoms. The first-order valence-electron chi connectivity index (χ1n) is 5.33. The molecule has 0 saturated carbocycles. The zero-order valence-electron chi connectivity index (χ0n) is 10.3. The number of ether oxygens (including phenoxy) is 1. The standard InChI is InChI=1S/C12H18N2O3/c1-8(7-15)14(2)12(16)9-5-4-6-10(17-3)11(9)13/h4-6,8,15H,7,13H2,1-3H3. The number of nitrogens with two attached hydrogens (primary N) is 1. The minimum atomic E-state index is -0.256. The number of aliphatic hydroxyl groups excluding tert-OH is 1. The van der Waals surface area contributed by atoms with Crippen molar-refractivity contribution in [1.82, 2.24) is 4.90 Å². The largest absolute Gasteiger partial charge is 0.495 e. The van der Waals surface area contributed by atoms with Crippen molar-refractivity contribution < 1.29 is 14.6 Å². The first kappa shape index (κ1) is 13.3. The van der Waals surface area contributed by atoms with E-state index in [4.69, 9.17) is 15.6 Å². The van der Waals surface area contributed by atoms with Crippen molar-refractivity contribution >= 4 is 11.6 Å². The Morgan fingerprint density at radius 3 is 2.76 bits per heavy atom. The fraction of sp³-hybridized carbons (Fsp3) is 0.417. The van der Waals surface area contributed by atoms with Crippen molar-refractivity contribution in [3.05, 3.63) is 23.8 Å². The second kappa shape index (κ2) is 5.54. The topological polar surface area (TPSA) is 75.8 Å². The normalized spacial score (nSPS) is 12.0. The number of amides is 1. The Morgan fingerprint density at radius 1 is 1.59 bits per heavy atom. The molecule has 0 radical (unpaired) electrons. The first-order chi connectivity index (χ1) is 8.02. The maximum atomic E-state index is 12.1. The Balaban J connectivity index is 3.04. The number of carbonyl (C=O) groups is 1. The van der Waals surface area contributed by atoms with Gasteiger partial charge in [-0.25, -0.2) is 0 Å². The molecule has 0 saturated heterocycles. The number of aliphatic hydroxyl groups is 1. The van der Waals surface area contributed by atoms with Gasteiger partial charge in [0.25, 0.3) is 5.91 Å². The Labute approximate surface area is 101 Å². The number of carbonyl (C=O) groups excluding carboxylic acids is 1. The van der Waals surface area contributed by atoms with Crippen LogP contribution in [0.2, 0.25) is 0 Å². The van der Waals surface area contributed by atoms with E-state index in [-0.39, 0.29) is 18.6 Å². The number of hydrogen-bond donors (Lipinski definition) is 2. The number of methoxy groups -OCH3 is 1. The average molecular weight is 238 g/mol. The van der Waals surface area contributed by atoms with E-state index < -0.39 is 0 Å². The molecule has 5 nitrogen and oxygen atoms in total. The molecule has 0 aliphatic rings. The predicted octanol–water partition coefficient (Wildman–Crippen LogP) is 0.730. The number of anilines is 1. The molecule has 1 amide bonds. The van der Waals surface area contributed by atoms with Gasteiger partial charge in [0.15, 0.2) is 0 Å². The molecule has 1 unspecified atom stereocenters. The Hall–Kier alpha value is -1.75. The molecule has 1 aromatic carbocycles. The number of benzene rings is 1. The van der Waals surface area contributed by atoms with Gasteiger partial charge in [-0.1, -0.05) is 6.07 Å². The molecule has 0 fully saturated rings. The Morgan fingerprint density at radius 2 is 2.24 bits per heavy atom. The van der Waals surface area contributed by atoms with Crippen molar-refractivity contribution in [2.24, 2.45) is 0 Å². The zero-order chi connectivity index (χ0) is 13.0. The third-order valence-corrected chi connectivity index (χ3v) is 2.76. The second-order valence-corrected chi connectivity index (χ2v) is 3.87. The highest BCUT2D eigenvalue weighted by Gasteiger charge is 2.20. The monoisotopic (exact) mass is 238 g/mol. The molecule has 1 atom stereocenters. The molecule has 0 aliphatic carbocycles. The quantitative estimate of drug-likeness (QED) is 0.758.